The quantitative estimate of drug-likeness (QED) is 0.353. The summed E-state index contributed by atoms with van der Waals surface area (Å²) in [6.07, 6.45) is 3.55. The standard InChI is InChI=1S/C16H19N5O2.C2H6.3H2/c1-10-14-13(19-16(20-14)21-17)8-12(11-4-3-5-18-9-11)15(10)23-7-6-22-2;1-2;;;/h3-5,8-9H,6-7,17H2,1-2H3,(H2,19,20,21);1-2H3;3*1H. The maximum Gasteiger partial charge on any atom is 0.215 e. The fourth-order valence-corrected chi connectivity index (χ4v) is 2.51. The summed E-state index contributed by atoms with van der Waals surface area (Å²) in [5, 5.41) is 0. The SMILES string of the molecule is CC.COCCOc1c(-c2cccnc2)cc2[nH]c(NN)nc2c1C.[HH].[HH].[HH]. The van der Waals surface area contributed by atoms with E-state index in [4.69, 9.17) is 15.3 Å². The molecule has 0 spiro atoms. The van der Waals surface area contributed by atoms with Crippen molar-refractivity contribution in [2.75, 3.05) is 25.7 Å². The molecule has 140 valence electrons. The number of benzene rings is 1. The highest BCUT2D eigenvalue weighted by Gasteiger charge is 2.16. The van der Waals surface area contributed by atoms with Crippen molar-refractivity contribution in [3.05, 3.63) is 36.2 Å². The number of aryl methyl sites for hydroxylation is 1. The third kappa shape index (κ3) is 4.07. The minimum atomic E-state index is 0. The number of imidazole rings is 1. The molecule has 0 unspecified atom stereocenters. The first-order valence-corrected chi connectivity index (χ1v) is 8.26. The number of anilines is 1. The number of nitrogens with zero attached hydrogens (tertiary/aromatic N) is 2. The van der Waals surface area contributed by atoms with Gasteiger partial charge in [-0.15, -0.1) is 0 Å². The summed E-state index contributed by atoms with van der Waals surface area (Å²) < 4.78 is 11.0. The van der Waals surface area contributed by atoms with Gasteiger partial charge in [0, 0.05) is 40.5 Å². The lowest BCUT2D eigenvalue weighted by Gasteiger charge is -2.14. The molecule has 3 aromatic rings. The van der Waals surface area contributed by atoms with E-state index in [0.717, 1.165) is 33.5 Å². The van der Waals surface area contributed by atoms with Crippen LogP contribution >= 0.6 is 0 Å². The lowest BCUT2D eigenvalue weighted by molar-refractivity contribution is 0.146. The number of hydrogen-bond acceptors (Lipinski definition) is 6. The van der Waals surface area contributed by atoms with Gasteiger partial charge in [-0.05, 0) is 19.1 Å². The molecule has 0 fully saturated rings. The second-order valence-corrected chi connectivity index (χ2v) is 5.09. The summed E-state index contributed by atoms with van der Waals surface area (Å²) in [4.78, 5) is 11.8. The van der Waals surface area contributed by atoms with Crippen LogP contribution in [0.5, 0.6) is 5.75 Å². The Balaban J connectivity index is 0. The molecule has 0 aliphatic heterocycles. The summed E-state index contributed by atoms with van der Waals surface area (Å²) in [7, 11) is 1.65. The molecule has 0 amide bonds. The summed E-state index contributed by atoms with van der Waals surface area (Å²) in [6.45, 7) is 6.95. The van der Waals surface area contributed by atoms with E-state index in [0.29, 0.717) is 19.2 Å². The molecule has 7 nitrogen and oxygen atoms in total. The topological polar surface area (TPSA) is 98.1 Å². The Morgan fingerprint density at radius 2 is 2.12 bits per heavy atom. The Morgan fingerprint density at radius 3 is 2.76 bits per heavy atom. The van der Waals surface area contributed by atoms with Crippen molar-refractivity contribution in [2.24, 2.45) is 5.84 Å². The van der Waals surface area contributed by atoms with Crippen molar-refractivity contribution >= 4 is 17.0 Å². The predicted octanol–water partition coefficient (Wildman–Crippen LogP) is 4.01. The average molecular weight is 349 g/mol. The molecule has 1 aromatic carbocycles. The highest BCUT2D eigenvalue weighted by atomic mass is 16.5. The zero-order valence-electron chi connectivity index (χ0n) is 15.1. The van der Waals surface area contributed by atoms with Crippen LogP contribution in [-0.4, -0.2) is 35.3 Å². The van der Waals surface area contributed by atoms with Gasteiger partial charge in [0.2, 0.25) is 5.95 Å². The molecular weight excluding hydrogens is 318 g/mol. The second kappa shape index (κ2) is 9.00. The van der Waals surface area contributed by atoms with Gasteiger partial charge in [0.15, 0.2) is 0 Å². The molecule has 0 aliphatic carbocycles. The van der Waals surface area contributed by atoms with Gasteiger partial charge in [-0.2, -0.15) is 0 Å². The number of methoxy groups -OCH3 is 1. The number of pyridine rings is 1. The Kier molecular flexibility index (Phi) is 6.73. The third-order valence-corrected chi connectivity index (χ3v) is 3.60. The van der Waals surface area contributed by atoms with Gasteiger partial charge < -0.3 is 14.5 Å². The average Bonchev–Trinajstić information content (AvgIpc) is 3.09. The maximum atomic E-state index is 5.96. The summed E-state index contributed by atoms with van der Waals surface area (Å²) in [5.74, 6) is 6.73. The van der Waals surface area contributed by atoms with E-state index in [-0.39, 0.29) is 4.28 Å². The van der Waals surface area contributed by atoms with Crippen LogP contribution in [0.15, 0.2) is 30.6 Å². The third-order valence-electron chi connectivity index (χ3n) is 3.60. The fraction of sp³-hybridized carbons (Fsp3) is 0.333. The molecule has 25 heavy (non-hydrogen) atoms. The number of H-pyrrole nitrogens is 1. The lowest BCUT2D eigenvalue weighted by atomic mass is 10.0. The molecular formula is C18H31N5O2. The predicted molar refractivity (Wildman–Crippen MR) is 107 cm³/mol. The van der Waals surface area contributed by atoms with Crippen LogP contribution in [0.3, 0.4) is 0 Å². The van der Waals surface area contributed by atoms with E-state index in [1.54, 1.807) is 13.3 Å². The molecule has 0 atom stereocenters. The number of rotatable bonds is 6. The summed E-state index contributed by atoms with van der Waals surface area (Å²) >= 11 is 0. The molecule has 0 saturated heterocycles. The largest absolute Gasteiger partial charge is 0.490 e. The zero-order valence-corrected chi connectivity index (χ0v) is 15.1. The number of aromatic nitrogens is 3. The smallest absolute Gasteiger partial charge is 0.215 e. The first-order valence-electron chi connectivity index (χ1n) is 8.26. The molecule has 2 aromatic heterocycles. The number of ether oxygens (including phenoxy) is 2. The molecule has 7 heteroatoms. The van der Waals surface area contributed by atoms with Gasteiger partial charge in [-0.1, -0.05) is 19.9 Å². The van der Waals surface area contributed by atoms with E-state index < -0.39 is 0 Å². The van der Waals surface area contributed by atoms with Gasteiger partial charge in [-0.3, -0.25) is 10.4 Å². The Labute approximate surface area is 152 Å². The number of hydrazine groups is 1. The van der Waals surface area contributed by atoms with Crippen LogP contribution < -0.4 is 16.0 Å². The van der Waals surface area contributed by atoms with Crippen LogP contribution in [0.2, 0.25) is 0 Å². The summed E-state index contributed by atoms with van der Waals surface area (Å²) in [5.41, 5.74) is 7.10. The highest BCUT2D eigenvalue weighted by molar-refractivity contribution is 5.90. The van der Waals surface area contributed by atoms with E-state index in [2.05, 4.69) is 20.4 Å². The number of hydrogen-bond donors (Lipinski definition) is 3. The zero-order chi connectivity index (χ0) is 18.2. The molecule has 0 saturated carbocycles. The first-order chi connectivity index (χ1) is 12.2. The van der Waals surface area contributed by atoms with Crippen molar-refractivity contribution in [3.63, 3.8) is 0 Å². The van der Waals surface area contributed by atoms with Crippen LogP contribution in [-0.2, 0) is 4.74 Å². The number of nitrogens with one attached hydrogen (secondary N) is 2. The van der Waals surface area contributed by atoms with Gasteiger partial charge in [0.1, 0.15) is 12.4 Å². The molecule has 3 rings (SSSR count). The molecule has 2 heterocycles. The van der Waals surface area contributed by atoms with Gasteiger partial charge in [-0.25, -0.2) is 10.8 Å². The van der Waals surface area contributed by atoms with Gasteiger partial charge in [0.05, 0.1) is 17.6 Å². The monoisotopic (exact) mass is 349 g/mol. The minimum absolute atomic E-state index is 0. The van der Waals surface area contributed by atoms with Crippen LogP contribution in [0, 0.1) is 6.92 Å². The van der Waals surface area contributed by atoms with E-state index in [9.17, 15) is 0 Å². The Morgan fingerprint density at radius 1 is 1.32 bits per heavy atom. The fourth-order valence-electron chi connectivity index (χ4n) is 2.51. The number of fused-ring (bicyclic) bond motifs is 1. The maximum absolute atomic E-state index is 5.96. The Bertz CT molecular complexity index is 816. The van der Waals surface area contributed by atoms with Gasteiger partial charge in [0.25, 0.3) is 0 Å². The molecule has 0 bridgehead atoms. The summed E-state index contributed by atoms with van der Waals surface area (Å²) in [6, 6.07) is 5.89. The van der Waals surface area contributed by atoms with Crippen molar-refractivity contribution in [1.29, 1.82) is 0 Å². The van der Waals surface area contributed by atoms with Gasteiger partial charge >= 0.3 is 0 Å². The Hall–Kier alpha value is -2.64. The first kappa shape index (κ1) is 18.7. The van der Waals surface area contributed by atoms with Crippen molar-refractivity contribution < 1.29 is 13.8 Å². The van der Waals surface area contributed by atoms with E-state index >= 15 is 0 Å². The number of aromatic amines is 1. The molecule has 0 radical (unpaired) electrons. The van der Waals surface area contributed by atoms with Crippen molar-refractivity contribution in [1.82, 2.24) is 15.0 Å². The number of nitrogens with two attached hydrogens (primary N) is 1. The van der Waals surface area contributed by atoms with E-state index in [1.165, 1.54) is 0 Å². The highest BCUT2D eigenvalue weighted by Crippen LogP contribution is 2.37. The van der Waals surface area contributed by atoms with Crippen molar-refractivity contribution in [2.45, 2.75) is 20.8 Å². The number of nitrogen functional groups attached to an aromatic ring is 1. The molecule has 4 N–H and O–H groups in total. The van der Waals surface area contributed by atoms with Crippen LogP contribution in [0.1, 0.15) is 23.7 Å². The molecule has 0 aliphatic rings. The van der Waals surface area contributed by atoms with Crippen molar-refractivity contribution in [3.8, 4) is 16.9 Å². The van der Waals surface area contributed by atoms with Crippen LogP contribution in [0.25, 0.3) is 22.2 Å². The van der Waals surface area contributed by atoms with Crippen LogP contribution in [0.4, 0.5) is 5.95 Å². The second-order valence-electron chi connectivity index (χ2n) is 5.09. The minimum Gasteiger partial charge on any atom is -0.490 e. The lowest BCUT2D eigenvalue weighted by Crippen LogP contribution is -2.07. The normalized spacial score (nSPS) is 10.3. The van der Waals surface area contributed by atoms with E-state index in [1.807, 2.05) is 45.2 Å².